The van der Waals surface area contributed by atoms with E-state index in [1.54, 1.807) is 0 Å². The zero-order valence-electron chi connectivity index (χ0n) is 41.6. The summed E-state index contributed by atoms with van der Waals surface area (Å²) in [6.07, 6.45) is 37.1. The van der Waals surface area contributed by atoms with Crippen LogP contribution >= 0.6 is 0 Å². The number of unbranched alkanes of at least 4 members (excludes halogenated alkanes) is 35. The molecule has 386 valence electrons. The molecule has 1 saturated heterocycles. The molecule has 1 rings (SSSR count). The second-order valence-corrected chi connectivity index (χ2v) is 20.8. The Labute approximate surface area is 397 Å². The molecule has 65 heavy (non-hydrogen) atoms. The van der Waals surface area contributed by atoms with Crippen LogP contribution in [-0.4, -0.2) is 96.0 Å². The Balaban J connectivity index is 2.33. The first kappa shape index (κ1) is 61.7. The fraction of sp³-hybridized carbons (Fsp3) is 0.962. The zero-order valence-corrected chi connectivity index (χ0v) is 42.4. The van der Waals surface area contributed by atoms with Crippen molar-refractivity contribution in [1.29, 1.82) is 0 Å². The van der Waals surface area contributed by atoms with Crippen LogP contribution < -0.4 is 0 Å². The zero-order chi connectivity index (χ0) is 47.6. The van der Waals surface area contributed by atoms with Gasteiger partial charge in [-0.2, -0.15) is 8.42 Å². The molecule has 2 unspecified atom stereocenters. The fourth-order valence-corrected chi connectivity index (χ4v) is 9.43. The van der Waals surface area contributed by atoms with E-state index in [9.17, 15) is 37.9 Å². The molecule has 1 heterocycles. The smallest absolute Gasteiger partial charge is 0.306 e. The van der Waals surface area contributed by atoms with Crippen molar-refractivity contribution < 1.29 is 56.8 Å². The Hall–Kier alpha value is -1.35. The predicted molar refractivity (Wildman–Crippen MR) is 261 cm³/mol. The Morgan fingerprint density at radius 2 is 0.785 bits per heavy atom. The summed E-state index contributed by atoms with van der Waals surface area (Å²) < 4.78 is 54.3. The Kier molecular flexibility index (Phi) is 40.5. The van der Waals surface area contributed by atoms with Crippen LogP contribution in [0.4, 0.5) is 0 Å². The Bertz CT molecular complexity index is 1200. The summed E-state index contributed by atoms with van der Waals surface area (Å²) >= 11 is 0. The molecular weight excluding hydrogens is 849 g/mol. The number of esters is 2. The van der Waals surface area contributed by atoms with Crippen molar-refractivity contribution in [1.82, 2.24) is 0 Å². The van der Waals surface area contributed by atoms with Gasteiger partial charge in [-0.15, -0.1) is 0 Å². The second kappa shape index (κ2) is 42.7. The van der Waals surface area contributed by atoms with Gasteiger partial charge in [0.05, 0.1) is 6.61 Å². The molecule has 1 fully saturated rings. The van der Waals surface area contributed by atoms with Gasteiger partial charge in [-0.05, 0) is 12.8 Å². The van der Waals surface area contributed by atoms with Crippen molar-refractivity contribution in [2.24, 2.45) is 0 Å². The first-order valence-corrected chi connectivity index (χ1v) is 28.7. The highest BCUT2D eigenvalue weighted by Gasteiger charge is 2.46. The van der Waals surface area contributed by atoms with Gasteiger partial charge < -0.3 is 34.3 Å². The van der Waals surface area contributed by atoms with Crippen molar-refractivity contribution in [2.75, 3.05) is 19.0 Å². The van der Waals surface area contributed by atoms with E-state index in [0.717, 1.165) is 38.5 Å². The molecule has 1 aliphatic rings. The van der Waals surface area contributed by atoms with Crippen LogP contribution in [0.3, 0.4) is 0 Å². The van der Waals surface area contributed by atoms with Crippen molar-refractivity contribution >= 4 is 22.1 Å². The lowest BCUT2D eigenvalue weighted by Crippen LogP contribution is -2.60. The van der Waals surface area contributed by atoms with E-state index in [4.69, 9.17) is 18.9 Å². The highest BCUT2D eigenvalue weighted by atomic mass is 32.2. The van der Waals surface area contributed by atoms with E-state index >= 15 is 0 Å². The maximum absolute atomic E-state index is 12.9. The molecule has 0 radical (unpaired) electrons. The van der Waals surface area contributed by atoms with Crippen molar-refractivity contribution in [3.05, 3.63) is 0 Å². The largest absolute Gasteiger partial charge is 0.462 e. The number of rotatable bonds is 47. The van der Waals surface area contributed by atoms with Crippen LogP contribution in [0.25, 0.3) is 0 Å². The topological polar surface area (TPSA) is 186 Å². The molecule has 0 spiro atoms. The number of aliphatic hydroxyl groups excluding tert-OH is 3. The van der Waals surface area contributed by atoms with Gasteiger partial charge in [0, 0.05) is 12.8 Å². The lowest BCUT2D eigenvalue weighted by Gasteiger charge is -2.40. The molecule has 12 nitrogen and oxygen atoms in total. The molecular formula is C52H100O12S. The van der Waals surface area contributed by atoms with E-state index < -0.39 is 71.2 Å². The highest BCUT2D eigenvalue weighted by molar-refractivity contribution is 7.85. The van der Waals surface area contributed by atoms with Gasteiger partial charge in [0.1, 0.15) is 36.8 Å². The minimum Gasteiger partial charge on any atom is -0.462 e. The quantitative estimate of drug-likeness (QED) is 0.0257. The lowest BCUT2D eigenvalue weighted by molar-refractivity contribution is -0.297. The summed E-state index contributed by atoms with van der Waals surface area (Å²) in [5.41, 5.74) is 0. The highest BCUT2D eigenvalue weighted by Crippen LogP contribution is 2.24. The summed E-state index contributed by atoms with van der Waals surface area (Å²) in [6, 6.07) is 0. The SMILES string of the molecule is CCCCCCCCCCCCCCCCCCCCCC(=O)O[C@H](COC(=O)CCCCCCCCCCCCCCCCCCCC)CO[C@H]1O[C@H](CS(=O)(=O)O)[C@@H](O)C(O)C1O. The maximum atomic E-state index is 12.9. The minimum absolute atomic E-state index is 0.173. The van der Waals surface area contributed by atoms with E-state index in [1.807, 2.05) is 0 Å². The van der Waals surface area contributed by atoms with Gasteiger partial charge in [-0.25, -0.2) is 0 Å². The first-order valence-electron chi connectivity index (χ1n) is 27.1. The summed E-state index contributed by atoms with van der Waals surface area (Å²) in [4.78, 5) is 25.6. The van der Waals surface area contributed by atoms with Gasteiger partial charge in [-0.1, -0.05) is 239 Å². The third-order valence-corrected chi connectivity index (χ3v) is 13.7. The number of carbonyl (C=O) groups is 2. The number of hydrogen-bond donors (Lipinski definition) is 4. The van der Waals surface area contributed by atoms with Gasteiger partial charge >= 0.3 is 11.9 Å². The lowest BCUT2D eigenvalue weighted by atomic mass is 10.00. The van der Waals surface area contributed by atoms with Crippen LogP contribution in [0.15, 0.2) is 0 Å². The fourth-order valence-electron chi connectivity index (χ4n) is 8.74. The van der Waals surface area contributed by atoms with E-state index in [0.29, 0.717) is 12.8 Å². The summed E-state index contributed by atoms with van der Waals surface area (Å²) in [5.74, 6) is -1.95. The summed E-state index contributed by atoms with van der Waals surface area (Å²) in [6.45, 7) is 3.82. The Morgan fingerprint density at radius 1 is 0.462 bits per heavy atom. The molecule has 0 aliphatic carbocycles. The summed E-state index contributed by atoms with van der Waals surface area (Å²) in [7, 11) is -4.60. The number of hydrogen-bond acceptors (Lipinski definition) is 11. The third-order valence-electron chi connectivity index (χ3n) is 12.9. The average Bonchev–Trinajstić information content (AvgIpc) is 3.27. The van der Waals surface area contributed by atoms with Crippen LogP contribution in [0.5, 0.6) is 0 Å². The van der Waals surface area contributed by atoms with Gasteiger partial charge in [0.2, 0.25) is 0 Å². The molecule has 4 N–H and O–H groups in total. The normalized spacial score (nSPS) is 19.4. The summed E-state index contributed by atoms with van der Waals surface area (Å²) in [5, 5.41) is 31.0. The molecule has 0 aromatic heterocycles. The van der Waals surface area contributed by atoms with Crippen molar-refractivity contribution in [2.45, 2.75) is 301 Å². The molecule has 0 bridgehead atoms. The predicted octanol–water partition coefficient (Wildman–Crippen LogP) is 12.4. The van der Waals surface area contributed by atoms with Gasteiger partial charge in [0.25, 0.3) is 10.1 Å². The average molecular weight is 949 g/mol. The third kappa shape index (κ3) is 37.3. The van der Waals surface area contributed by atoms with E-state index in [-0.39, 0.29) is 19.4 Å². The molecule has 0 aromatic carbocycles. The minimum atomic E-state index is -4.60. The number of ether oxygens (including phenoxy) is 4. The monoisotopic (exact) mass is 949 g/mol. The van der Waals surface area contributed by atoms with Crippen molar-refractivity contribution in [3.63, 3.8) is 0 Å². The maximum Gasteiger partial charge on any atom is 0.306 e. The standard InChI is InChI=1S/C52H100O12S/c1-3-5-7-9-11-13-15-17-19-21-23-25-27-29-31-33-35-37-39-41-48(54)63-45(43-62-52-51(57)50(56)49(55)46(64-52)44-65(58,59)60)42-61-47(53)40-38-36-34-32-30-28-26-24-22-20-18-16-14-12-10-8-6-4-2/h45-46,49-52,55-57H,3-44H2,1-2H3,(H,58,59,60)/t45-,46-,49-,50?,51?,52+/m1/s1. The van der Waals surface area contributed by atoms with Crippen LogP contribution in [0.1, 0.15) is 264 Å². The van der Waals surface area contributed by atoms with Gasteiger partial charge in [0.15, 0.2) is 12.4 Å². The number of carbonyl (C=O) groups excluding carboxylic acids is 2. The van der Waals surface area contributed by atoms with E-state index in [2.05, 4.69) is 13.8 Å². The van der Waals surface area contributed by atoms with Crippen LogP contribution in [0, 0.1) is 0 Å². The molecule has 1 aliphatic heterocycles. The van der Waals surface area contributed by atoms with Crippen molar-refractivity contribution in [3.8, 4) is 0 Å². The molecule has 6 atom stereocenters. The molecule has 0 aromatic rings. The molecule has 0 saturated carbocycles. The molecule has 0 amide bonds. The van der Waals surface area contributed by atoms with Crippen LogP contribution in [-0.2, 0) is 38.7 Å². The first-order chi connectivity index (χ1) is 31.5. The van der Waals surface area contributed by atoms with Crippen LogP contribution in [0.2, 0.25) is 0 Å². The molecule has 13 heteroatoms. The van der Waals surface area contributed by atoms with Gasteiger partial charge in [-0.3, -0.25) is 14.1 Å². The second-order valence-electron chi connectivity index (χ2n) is 19.3. The number of aliphatic hydroxyl groups is 3. The Morgan fingerprint density at radius 3 is 1.12 bits per heavy atom. The van der Waals surface area contributed by atoms with E-state index in [1.165, 1.54) is 186 Å².